The van der Waals surface area contributed by atoms with Crippen LogP contribution in [0.1, 0.15) is 147 Å². The van der Waals surface area contributed by atoms with Crippen molar-refractivity contribution in [2.75, 3.05) is 9.21 Å². The molecule has 1 atom stereocenters. The number of anilines is 2. The molecule has 1 aliphatic rings. The molecule has 1 heterocycles. The Morgan fingerprint density at radius 2 is 0.977 bits per heavy atom. The quantitative estimate of drug-likeness (QED) is 0.0680. The molecule has 0 spiro atoms. The summed E-state index contributed by atoms with van der Waals surface area (Å²) >= 11 is 0. The second-order valence-electron chi connectivity index (χ2n) is 12.3. The third kappa shape index (κ3) is 14.7. The molecule has 0 fully saturated rings. The van der Waals surface area contributed by atoms with Gasteiger partial charge >= 0.3 is 51.4 Å². The van der Waals surface area contributed by atoms with Gasteiger partial charge in [0.05, 0.1) is 11.4 Å². The summed E-state index contributed by atoms with van der Waals surface area (Å²) in [4.78, 5) is 2.09. The fourth-order valence-electron chi connectivity index (χ4n) is 6.44. The van der Waals surface area contributed by atoms with Crippen LogP contribution in [0.2, 0.25) is 0 Å². The zero-order chi connectivity index (χ0) is 29.9. The molecule has 5 nitrogen and oxygen atoms in total. The summed E-state index contributed by atoms with van der Waals surface area (Å²) < 4.78 is 38.2. The van der Waals surface area contributed by atoms with E-state index in [1.54, 1.807) is 12.1 Å². The van der Waals surface area contributed by atoms with E-state index in [2.05, 4.69) is 11.8 Å². The summed E-state index contributed by atoms with van der Waals surface area (Å²) in [6.45, 7) is 2.86. The average molecular weight is 637 g/mol. The number of benzene rings is 2. The molecule has 2 aromatic rings. The van der Waals surface area contributed by atoms with Crippen LogP contribution in [-0.2, 0) is 16.8 Å². The molecule has 43 heavy (non-hydrogen) atoms. The minimum atomic E-state index is -4.62. The van der Waals surface area contributed by atoms with Gasteiger partial charge in [-0.05, 0) is 30.5 Å². The van der Waals surface area contributed by atoms with Crippen molar-refractivity contribution in [1.82, 2.24) is 0 Å². The van der Waals surface area contributed by atoms with Gasteiger partial charge in [-0.25, -0.2) is 8.42 Å². The van der Waals surface area contributed by atoms with Gasteiger partial charge in [-0.2, -0.15) is 0 Å². The Bertz CT molecular complexity index is 1080. The second kappa shape index (κ2) is 23.0. The zero-order valence-electron chi connectivity index (χ0n) is 27.4. The van der Waals surface area contributed by atoms with Gasteiger partial charge in [-0.3, -0.25) is 4.31 Å². The molecule has 1 aliphatic heterocycles. The molecule has 0 N–H and O–H groups in total. The fraction of sp³-hybridized carbons (Fsp3) is 0.667. The SMILES string of the molecule is CCCCCCCCCCCCCCCCCCCCCCC1N(Cc2ccccc2)c2ccccc2N1S(=O)(=O)[O-].[K+]. The van der Waals surface area contributed by atoms with E-state index in [9.17, 15) is 13.0 Å². The van der Waals surface area contributed by atoms with E-state index >= 15 is 0 Å². The number of hydrogen-bond donors (Lipinski definition) is 0. The molecule has 3 rings (SSSR count). The molecule has 7 heteroatoms. The Morgan fingerprint density at radius 1 is 0.581 bits per heavy atom. The first-order valence-corrected chi connectivity index (χ1v) is 18.5. The Kier molecular flexibility index (Phi) is 20.7. The Morgan fingerprint density at radius 3 is 1.42 bits per heavy atom. The molecule has 1 unspecified atom stereocenters. The van der Waals surface area contributed by atoms with Crippen LogP contribution in [0.4, 0.5) is 11.4 Å². The molecule has 2 aromatic carbocycles. The molecule has 0 saturated carbocycles. The predicted octanol–water partition coefficient (Wildman–Crippen LogP) is 7.52. The first-order chi connectivity index (χ1) is 20.5. The van der Waals surface area contributed by atoms with Gasteiger partial charge < -0.3 is 9.45 Å². The summed E-state index contributed by atoms with van der Waals surface area (Å²) in [7, 11) is -4.62. The third-order valence-electron chi connectivity index (χ3n) is 8.81. The normalized spacial score (nSPS) is 14.6. The Labute approximate surface area is 306 Å². The summed E-state index contributed by atoms with van der Waals surface area (Å²) in [6, 6.07) is 17.4. The second-order valence-corrected chi connectivity index (χ2v) is 13.6. The standard InChI is InChI=1S/C36H58N2O3S.K/c1-2-3-4-5-6-7-8-9-10-11-12-13-14-15-16-17-18-19-20-24-31-36-37(32-33-27-22-21-23-28-33)34-29-25-26-30-35(34)38(36)42(39,40)41;/h21-23,25-30,36H,2-20,24,31-32H2,1H3,(H,39,40,41);/q;+1/p-1. The zero-order valence-corrected chi connectivity index (χ0v) is 31.3. The van der Waals surface area contributed by atoms with Gasteiger partial charge in [0.2, 0.25) is 0 Å². The number of unbranched alkanes of at least 4 members (excludes halogenated alkanes) is 19. The summed E-state index contributed by atoms with van der Waals surface area (Å²) in [6.07, 6.45) is 26.9. The van der Waals surface area contributed by atoms with E-state index in [1.165, 1.54) is 116 Å². The minimum Gasteiger partial charge on any atom is -0.731 e. The number of para-hydroxylation sites is 2. The van der Waals surface area contributed by atoms with E-state index in [-0.39, 0.29) is 51.4 Å². The van der Waals surface area contributed by atoms with Crippen molar-refractivity contribution in [2.24, 2.45) is 0 Å². The molecular formula is C36H57KN2O3S. The van der Waals surface area contributed by atoms with E-state index < -0.39 is 16.5 Å². The maximum Gasteiger partial charge on any atom is 1.00 e. The minimum absolute atomic E-state index is 0. The molecule has 236 valence electrons. The van der Waals surface area contributed by atoms with Gasteiger partial charge in [0, 0.05) is 6.54 Å². The van der Waals surface area contributed by atoms with Crippen molar-refractivity contribution in [3.8, 4) is 0 Å². The largest absolute Gasteiger partial charge is 1.00 e. The molecule has 0 bridgehead atoms. The van der Waals surface area contributed by atoms with Crippen LogP contribution in [0.5, 0.6) is 0 Å². The van der Waals surface area contributed by atoms with E-state index in [0.717, 1.165) is 28.4 Å². The predicted molar refractivity (Wildman–Crippen MR) is 178 cm³/mol. The van der Waals surface area contributed by atoms with Crippen molar-refractivity contribution in [1.29, 1.82) is 0 Å². The maximum atomic E-state index is 12.4. The van der Waals surface area contributed by atoms with Crippen molar-refractivity contribution in [3.63, 3.8) is 0 Å². The Hall–Kier alpha value is -0.414. The van der Waals surface area contributed by atoms with Crippen molar-refractivity contribution < 1.29 is 64.4 Å². The molecule has 0 saturated heterocycles. The average Bonchev–Trinajstić information content (AvgIpc) is 3.30. The summed E-state index contributed by atoms with van der Waals surface area (Å²) in [5, 5.41) is 0. The van der Waals surface area contributed by atoms with E-state index in [1.807, 2.05) is 42.5 Å². The monoisotopic (exact) mass is 636 g/mol. The molecule has 0 aliphatic carbocycles. The topological polar surface area (TPSA) is 63.7 Å². The number of rotatable bonds is 24. The Balaban J connectivity index is 0.00000645. The van der Waals surface area contributed by atoms with Crippen LogP contribution in [0.15, 0.2) is 54.6 Å². The van der Waals surface area contributed by atoms with Crippen LogP contribution >= 0.6 is 0 Å². The van der Waals surface area contributed by atoms with Gasteiger partial charge in [0.1, 0.15) is 6.17 Å². The smallest absolute Gasteiger partial charge is 0.731 e. The van der Waals surface area contributed by atoms with Crippen molar-refractivity contribution in [3.05, 3.63) is 60.2 Å². The van der Waals surface area contributed by atoms with Crippen molar-refractivity contribution in [2.45, 2.75) is 154 Å². The van der Waals surface area contributed by atoms with Crippen LogP contribution in [0.25, 0.3) is 0 Å². The maximum absolute atomic E-state index is 12.4. The van der Waals surface area contributed by atoms with Gasteiger partial charge in [-0.1, -0.05) is 171 Å². The van der Waals surface area contributed by atoms with Gasteiger partial charge in [0.15, 0.2) is 10.3 Å². The van der Waals surface area contributed by atoms with Crippen LogP contribution in [0, 0.1) is 0 Å². The first-order valence-electron chi connectivity index (χ1n) is 17.2. The van der Waals surface area contributed by atoms with Crippen LogP contribution < -0.4 is 60.6 Å². The van der Waals surface area contributed by atoms with Gasteiger partial charge in [0.25, 0.3) is 0 Å². The van der Waals surface area contributed by atoms with Gasteiger partial charge in [-0.15, -0.1) is 0 Å². The third-order valence-corrected chi connectivity index (χ3v) is 9.73. The fourth-order valence-corrected chi connectivity index (χ4v) is 7.35. The first kappa shape index (κ1) is 38.8. The molecule has 0 aromatic heterocycles. The molecular weight excluding hydrogens is 580 g/mol. The molecule has 0 amide bonds. The van der Waals surface area contributed by atoms with E-state index in [4.69, 9.17) is 0 Å². The van der Waals surface area contributed by atoms with Crippen molar-refractivity contribution >= 4 is 21.7 Å². The number of hydrogen-bond acceptors (Lipinski definition) is 4. The number of nitrogens with zero attached hydrogens (tertiary/aromatic N) is 2. The summed E-state index contributed by atoms with van der Waals surface area (Å²) in [5.41, 5.74) is 2.42. The molecule has 0 radical (unpaired) electrons. The number of fused-ring (bicyclic) bond motifs is 1. The van der Waals surface area contributed by atoms with Crippen LogP contribution in [0.3, 0.4) is 0 Å². The van der Waals surface area contributed by atoms with Crippen LogP contribution in [-0.4, -0.2) is 19.1 Å². The van der Waals surface area contributed by atoms with E-state index in [0.29, 0.717) is 18.7 Å². The summed E-state index contributed by atoms with van der Waals surface area (Å²) in [5.74, 6) is 0.